The van der Waals surface area contributed by atoms with Crippen LogP contribution < -0.4 is 10.1 Å². The molecular weight excluding hydrogens is 431 g/mol. The van der Waals surface area contributed by atoms with E-state index in [2.05, 4.69) is 10.4 Å². The minimum absolute atomic E-state index is 0.102. The predicted octanol–water partition coefficient (Wildman–Crippen LogP) is 6.20. The molecule has 2 heterocycles. The topological polar surface area (TPSA) is 39.1 Å². The SMILES string of the molecule is CC(Oc1cc(F)cc(-c2cnn(C3CCNCC3)c2)c1)c1c(Cl)ccc(F)c1Cl. The van der Waals surface area contributed by atoms with E-state index in [4.69, 9.17) is 27.9 Å². The van der Waals surface area contributed by atoms with Gasteiger partial charge in [-0.05, 0) is 62.7 Å². The lowest BCUT2D eigenvalue weighted by Crippen LogP contribution is -2.29. The zero-order valence-electron chi connectivity index (χ0n) is 16.3. The fourth-order valence-corrected chi connectivity index (χ4v) is 4.41. The van der Waals surface area contributed by atoms with Gasteiger partial charge in [0.1, 0.15) is 23.5 Å². The van der Waals surface area contributed by atoms with Crippen molar-refractivity contribution in [2.75, 3.05) is 13.1 Å². The summed E-state index contributed by atoms with van der Waals surface area (Å²) in [6.07, 6.45) is 4.99. The minimum atomic E-state index is -0.673. The molecule has 30 heavy (non-hydrogen) atoms. The molecule has 1 unspecified atom stereocenters. The Morgan fingerprint density at radius 3 is 2.67 bits per heavy atom. The van der Waals surface area contributed by atoms with Gasteiger partial charge in [-0.3, -0.25) is 4.68 Å². The van der Waals surface area contributed by atoms with Crippen LogP contribution in [-0.2, 0) is 0 Å². The molecule has 1 saturated heterocycles. The zero-order valence-corrected chi connectivity index (χ0v) is 17.9. The van der Waals surface area contributed by atoms with Crippen molar-refractivity contribution in [3.8, 4) is 16.9 Å². The number of benzene rings is 2. The van der Waals surface area contributed by atoms with Gasteiger partial charge < -0.3 is 10.1 Å². The number of piperidine rings is 1. The van der Waals surface area contributed by atoms with E-state index in [9.17, 15) is 8.78 Å². The average molecular weight is 452 g/mol. The van der Waals surface area contributed by atoms with E-state index in [-0.39, 0.29) is 10.0 Å². The van der Waals surface area contributed by atoms with Crippen molar-refractivity contribution >= 4 is 23.2 Å². The van der Waals surface area contributed by atoms with Crippen LogP contribution in [0.1, 0.15) is 37.5 Å². The van der Waals surface area contributed by atoms with E-state index < -0.39 is 17.7 Å². The van der Waals surface area contributed by atoms with Gasteiger partial charge in [0, 0.05) is 28.4 Å². The van der Waals surface area contributed by atoms with Crippen molar-refractivity contribution in [3.63, 3.8) is 0 Å². The largest absolute Gasteiger partial charge is 0.486 e. The van der Waals surface area contributed by atoms with Gasteiger partial charge in [0.15, 0.2) is 0 Å². The first-order chi connectivity index (χ1) is 14.4. The summed E-state index contributed by atoms with van der Waals surface area (Å²) in [6.45, 7) is 3.61. The highest BCUT2D eigenvalue weighted by Gasteiger charge is 2.20. The Kier molecular flexibility index (Phi) is 6.27. The molecule has 3 aromatic rings. The Hall–Kier alpha value is -2.15. The van der Waals surface area contributed by atoms with Crippen LogP contribution in [0.5, 0.6) is 5.75 Å². The quantitative estimate of drug-likeness (QED) is 0.469. The summed E-state index contributed by atoms with van der Waals surface area (Å²) in [6, 6.07) is 7.39. The van der Waals surface area contributed by atoms with Crippen LogP contribution in [0.25, 0.3) is 11.1 Å². The number of rotatable bonds is 5. The molecule has 1 aliphatic heterocycles. The Labute approximate surface area is 183 Å². The van der Waals surface area contributed by atoms with Gasteiger partial charge in [-0.2, -0.15) is 5.10 Å². The van der Waals surface area contributed by atoms with Crippen LogP contribution >= 0.6 is 23.2 Å². The molecule has 0 spiro atoms. The second-order valence-corrected chi connectivity index (χ2v) is 8.17. The van der Waals surface area contributed by atoms with Crippen molar-refractivity contribution in [2.24, 2.45) is 0 Å². The van der Waals surface area contributed by atoms with Gasteiger partial charge in [-0.25, -0.2) is 8.78 Å². The summed E-state index contributed by atoms with van der Waals surface area (Å²) in [4.78, 5) is 0. The van der Waals surface area contributed by atoms with Crippen molar-refractivity contribution in [1.82, 2.24) is 15.1 Å². The van der Waals surface area contributed by atoms with Gasteiger partial charge in [-0.15, -0.1) is 0 Å². The molecule has 2 aromatic carbocycles. The highest BCUT2D eigenvalue weighted by Crippen LogP contribution is 2.36. The van der Waals surface area contributed by atoms with E-state index >= 15 is 0 Å². The van der Waals surface area contributed by atoms with Crippen LogP contribution in [-0.4, -0.2) is 22.9 Å². The maximum atomic E-state index is 14.3. The molecule has 1 N–H and O–H groups in total. The van der Waals surface area contributed by atoms with Gasteiger partial charge in [0.05, 0.1) is 17.3 Å². The average Bonchev–Trinajstić information content (AvgIpc) is 3.22. The lowest BCUT2D eigenvalue weighted by molar-refractivity contribution is 0.226. The van der Waals surface area contributed by atoms with E-state index in [0.717, 1.165) is 31.5 Å². The van der Waals surface area contributed by atoms with Crippen molar-refractivity contribution < 1.29 is 13.5 Å². The maximum absolute atomic E-state index is 14.3. The third-order valence-electron chi connectivity index (χ3n) is 5.29. The number of nitrogens with one attached hydrogen (secondary N) is 1. The van der Waals surface area contributed by atoms with Crippen LogP contribution in [0.3, 0.4) is 0 Å². The Morgan fingerprint density at radius 1 is 1.13 bits per heavy atom. The number of aromatic nitrogens is 2. The molecule has 8 heteroatoms. The summed E-state index contributed by atoms with van der Waals surface area (Å²) >= 11 is 12.2. The highest BCUT2D eigenvalue weighted by molar-refractivity contribution is 6.36. The van der Waals surface area contributed by atoms with E-state index in [1.807, 2.05) is 10.9 Å². The molecule has 158 valence electrons. The van der Waals surface area contributed by atoms with E-state index in [1.165, 1.54) is 24.3 Å². The first kappa shape index (κ1) is 21.1. The van der Waals surface area contributed by atoms with Crippen LogP contribution in [0, 0.1) is 11.6 Å². The van der Waals surface area contributed by atoms with Gasteiger partial charge >= 0.3 is 0 Å². The lowest BCUT2D eigenvalue weighted by Gasteiger charge is -2.22. The first-order valence-corrected chi connectivity index (χ1v) is 10.5. The molecule has 1 aliphatic rings. The van der Waals surface area contributed by atoms with Crippen molar-refractivity contribution in [1.29, 1.82) is 0 Å². The predicted molar refractivity (Wildman–Crippen MR) is 114 cm³/mol. The van der Waals surface area contributed by atoms with E-state index in [0.29, 0.717) is 22.9 Å². The summed E-state index contributed by atoms with van der Waals surface area (Å²) in [5.41, 5.74) is 1.77. The second-order valence-electron chi connectivity index (χ2n) is 7.38. The third kappa shape index (κ3) is 4.46. The molecule has 0 bridgehead atoms. The fourth-order valence-electron chi connectivity index (χ4n) is 3.73. The number of ether oxygens (including phenoxy) is 1. The second kappa shape index (κ2) is 8.92. The summed E-state index contributed by atoms with van der Waals surface area (Å²) in [5, 5.41) is 7.98. The number of nitrogens with zero attached hydrogens (tertiary/aromatic N) is 2. The summed E-state index contributed by atoms with van der Waals surface area (Å²) in [7, 11) is 0. The number of hydrogen-bond acceptors (Lipinski definition) is 3. The molecule has 0 saturated carbocycles. The third-order valence-corrected chi connectivity index (χ3v) is 6.00. The minimum Gasteiger partial charge on any atom is -0.486 e. The Balaban J connectivity index is 1.58. The van der Waals surface area contributed by atoms with Gasteiger partial charge in [-0.1, -0.05) is 23.2 Å². The van der Waals surface area contributed by atoms with Gasteiger partial charge in [0.25, 0.3) is 0 Å². The van der Waals surface area contributed by atoms with Crippen LogP contribution in [0.15, 0.2) is 42.7 Å². The molecule has 1 aromatic heterocycles. The Bertz CT molecular complexity index is 1050. The monoisotopic (exact) mass is 451 g/mol. The Morgan fingerprint density at radius 2 is 1.90 bits per heavy atom. The standard InChI is InChI=1S/C22H21Cl2F2N3O/c1-13(21-19(23)2-3-20(26)22(21)24)30-18-9-14(8-16(25)10-18)15-11-28-29(12-15)17-4-6-27-7-5-17/h2-3,8-13,17,27H,4-7H2,1H3. The molecular formula is C22H21Cl2F2N3O. The molecule has 4 rings (SSSR count). The zero-order chi connectivity index (χ0) is 21.3. The number of halogens is 4. The van der Waals surface area contributed by atoms with Gasteiger partial charge in [0.2, 0.25) is 0 Å². The summed E-state index contributed by atoms with van der Waals surface area (Å²) < 4.78 is 36.0. The van der Waals surface area contributed by atoms with E-state index in [1.54, 1.807) is 19.2 Å². The van der Waals surface area contributed by atoms with Crippen molar-refractivity contribution in [2.45, 2.75) is 31.9 Å². The first-order valence-electron chi connectivity index (χ1n) is 9.78. The molecule has 0 aliphatic carbocycles. The van der Waals surface area contributed by atoms with Crippen LogP contribution in [0.4, 0.5) is 8.78 Å². The normalized spacial score (nSPS) is 15.9. The molecule has 1 fully saturated rings. The smallest absolute Gasteiger partial charge is 0.142 e. The summed E-state index contributed by atoms with van der Waals surface area (Å²) in [5.74, 6) is -0.735. The fraction of sp³-hybridized carbons (Fsp3) is 0.318. The van der Waals surface area contributed by atoms with Crippen molar-refractivity contribution in [3.05, 3.63) is 70.0 Å². The van der Waals surface area contributed by atoms with Crippen LogP contribution in [0.2, 0.25) is 10.0 Å². The number of hydrogen-bond donors (Lipinski definition) is 1. The molecule has 0 amide bonds. The molecule has 1 atom stereocenters. The molecule has 4 nitrogen and oxygen atoms in total. The lowest BCUT2D eigenvalue weighted by atomic mass is 10.1. The molecule has 0 radical (unpaired) electrons. The maximum Gasteiger partial charge on any atom is 0.142 e. The highest BCUT2D eigenvalue weighted by atomic mass is 35.5.